The molecule has 1 fully saturated rings. The van der Waals surface area contributed by atoms with Gasteiger partial charge in [0.2, 0.25) is 16.4 Å². The Balaban J connectivity index is 1.28. The molecule has 10 nitrogen and oxygen atoms in total. The molecule has 0 amide bonds. The Morgan fingerprint density at radius 2 is 1.91 bits per heavy atom. The van der Waals surface area contributed by atoms with Gasteiger partial charge in [-0.2, -0.15) is 4.31 Å². The van der Waals surface area contributed by atoms with E-state index in [1.807, 2.05) is 25.1 Å². The Morgan fingerprint density at radius 3 is 2.60 bits per heavy atom. The lowest BCUT2D eigenvalue weighted by molar-refractivity contribution is 0.0949. The van der Waals surface area contributed by atoms with Crippen molar-refractivity contribution < 1.29 is 17.9 Å². The van der Waals surface area contributed by atoms with Crippen molar-refractivity contribution >= 4 is 15.8 Å². The molecule has 1 aliphatic rings. The van der Waals surface area contributed by atoms with Gasteiger partial charge in [-0.3, -0.25) is 4.98 Å². The van der Waals surface area contributed by atoms with Crippen LogP contribution in [0, 0.1) is 6.92 Å². The molecular weight excluding hydrogens is 468 g/mol. The number of β-amino-alcohol motifs (C(OH)–C–C–N with tert-alkyl or cyclic N) is 1. The van der Waals surface area contributed by atoms with Crippen LogP contribution >= 0.6 is 0 Å². The minimum atomic E-state index is -3.76. The second-order valence-corrected chi connectivity index (χ2v) is 10.3. The first-order chi connectivity index (χ1) is 16.9. The van der Waals surface area contributed by atoms with Crippen LogP contribution in [-0.4, -0.2) is 63.2 Å². The molecule has 11 heteroatoms. The maximum absolute atomic E-state index is 13.2. The fourth-order valence-corrected chi connectivity index (χ4v) is 5.49. The first-order valence-corrected chi connectivity index (χ1v) is 12.5. The molecule has 0 aliphatic carbocycles. The number of benzene rings is 1. The van der Waals surface area contributed by atoms with Crippen LogP contribution in [0.15, 0.2) is 76.6 Å². The van der Waals surface area contributed by atoms with E-state index >= 15 is 0 Å². The van der Waals surface area contributed by atoms with Crippen molar-refractivity contribution in [1.82, 2.24) is 24.5 Å². The van der Waals surface area contributed by atoms with Crippen molar-refractivity contribution in [3.8, 4) is 22.7 Å². The largest absolute Gasteiger partial charge is 0.422 e. The Labute approximate surface area is 202 Å². The van der Waals surface area contributed by atoms with Crippen LogP contribution in [0.5, 0.6) is 0 Å². The van der Waals surface area contributed by atoms with E-state index in [1.165, 1.54) is 10.7 Å². The van der Waals surface area contributed by atoms with E-state index < -0.39 is 16.1 Å². The molecule has 0 bridgehead atoms. The number of piperidine rings is 1. The van der Waals surface area contributed by atoms with Crippen molar-refractivity contribution in [2.75, 3.05) is 18.4 Å². The molecular formula is C24H24N6O4S. The summed E-state index contributed by atoms with van der Waals surface area (Å²) in [6.45, 7) is 2.25. The van der Waals surface area contributed by atoms with E-state index in [1.54, 1.807) is 42.7 Å². The first kappa shape index (κ1) is 23.1. The fraction of sp³-hybridized carbons (Fsp3) is 0.250. The van der Waals surface area contributed by atoms with Crippen LogP contribution in [-0.2, 0) is 10.0 Å². The summed E-state index contributed by atoms with van der Waals surface area (Å²) >= 11 is 0. The number of pyridine rings is 2. The van der Waals surface area contributed by atoms with Crippen molar-refractivity contribution in [3.63, 3.8) is 0 Å². The van der Waals surface area contributed by atoms with E-state index in [0.717, 1.165) is 16.7 Å². The second-order valence-electron chi connectivity index (χ2n) is 8.39. The maximum Gasteiger partial charge on any atom is 0.266 e. The number of sulfonamides is 1. The first-order valence-electron chi connectivity index (χ1n) is 11.1. The predicted molar refractivity (Wildman–Crippen MR) is 129 cm³/mol. The second kappa shape index (κ2) is 9.53. The Hall–Kier alpha value is -3.67. The van der Waals surface area contributed by atoms with Crippen LogP contribution in [0.1, 0.15) is 12.0 Å². The van der Waals surface area contributed by atoms with Gasteiger partial charge < -0.3 is 14.8 Å². The third-order valence-corrected chi connectivity index (χ3v) is 7.83. The average molecular weight is 493 g/mol. The third-order valence-electron chi connectivity index (χ3n) is 5.95. The van der Waals surface area contributed by atoms with Gasteiger partial charge in [-0.25, -0.2) is 13.4 Å². The van der Waals surface area contributed by atoms with Crippen molar-refractivity contribution in [2.24, 2.45) is 0 Å². The van der Waals surface area contributed by atoms with Gasteiger partial charge in [0.25, 0.3) is 5.89 Å². The van der Waals surface area contributed by atoms with E-state index in [4.69, 9.17) is 4.42 Å². The lowest BCUT2D eigenvalue weighted by Gasteiger charge is -2.35. The Morgan fingerprint density at radius 1 is 1.09 bits per heavy atom. The summed E-state index contributed by atoms with van der Waals surface area (Å²) in [6.07, 6.45) is 4.21. The molecule has 1 saturated heterocycles. The highest BCUT2D eigenvalue weighted by atomic mass is 32.2. The number of hydrogen-bond donors (Lipinski definition) is 2. The van der Waals surface area contributed by atoms with Crippen molar-refractivity contribution in [2.45, 2.75) is 30.4 Å². The van der Waals surface area contributed by atoms with Crippen LogP contribution in [0.25, 0.3) is 22.7 Å². The number of nitrogens with one attached hydrogen (secondary N) is 1. The van der Waals surface area contributed by atoms with E-state index in [9.17, 15) is 13.5 Å². The van der Waals surface area contributed by atoms with Gasteiger partial charge in [0.1, 0.15) is 11.5 Å². The number of aliphatic hydroxyl groups excluding tert-OH is 1. The van der Waals surface area contributed by atoms with Gasteiger partial charge in [-0.1, -0.05) is 18.2 Å². The smallest absolute Gasteiger partial charge is 0.266 e. The molecule has 0 radical (unpaired) electrons. The highest BCUT2D eigenvalue weighted by molar-refractivity contribution is 7.89. The summed E-state index contributed by atoms with van der Waals surface area (Å²) in [5.41, 5.74) is 3.23. The van der Waals surface area contributed by atoms with Gasteiger partial charge in [0.05, 0.1) is 17.0 Å². The predicted octanol–water partition coefficient (Wildman–Crippen LogP) is 2.74. The summed E-state index contributed by atoms with van der Waals surface area (Å²) in [5.74, 6) is 0.963. The molecule has 5 rings (SSSR count). The number of hydrogen-bond acceptors (Lipinski definition) is 9. The molecule has 2 N–H and O–H groups in total. The van der Waals surface area contributed by atoms with Crippen molar-refractivity contribution in [3.05, 3.63) is 72.9 Å². The number of nitrogens with zero attached hydrogens (tertiary/aromatic N) is 5. The molecule has 1 aromatic carbocycles. The molecule has 4 heterocycles. The van der Waals surface area contributed by atoms with Crippen LogP contribution in [0.4, 0.5) is 5.82 Å². The Kier molecular flexibility index (Phi) is 6.29. The standard InChI is InChI=1S/C24H24N6O4S/c1-16-2-7-23(26-13-16)28-20-9-11-30(14-22(20)31)35(32,33)19-5-3-17(4-6-19)18-8-10-25-21(12-18)24-29-27-15-34-24/h2-8,10,12-13,15,20,22,31H,9,11,14H2,1H3,(H,26,28)/t20-,22+/m1/s1. The summed E-state index contributed by atoms with van der Waals surface area (Å²) in [7, 11) is -3.76. The van der Waals surface area contributed by atoms with Gasteiger partial charge in [-0.05, 0) is 60.4 Å². The molecule has 0 saturated carbocycles. The maximum atomic E-state index is 13.2. The van der Waals surface area contributed by atoms with E-state index in [-0.39, 0.29) is 17.5 Å². The van der Waals surface area contributed by atoms with Crippen LogP contribution < -0.4 is 5.32 Å². The normalized spacial score (nSPS) is 18.9. The fourth-order valence-electron chi connectivity index (χ4n) is 4.01. The SMILES string of the molecule is Cc1ccc(N[C@@H]2CCN(S(=O)(=O)c3ccc(-c4ccnc(-c5nnco5)c4)cc3)C[C@@H]2O)nc1. The van der Waals surface area contributed by atoms with E-state index in [0.29, 0.717) is 30.4 Å². The van der Waals surface area contributed by atoms with E-state index in [2.05, 4.69) is 25.5 Å². The van der Waals surface area contributed by atoms with Gasteiger partial charge in [0, 0.05) is 25.5 Å². The van der Waals surface area contributed by atoms with Gasteiger partial charge in [0.15, 0.2) is 0 Å². The number of rotatable bonds is 6. The number of aliphatic hydroxyl groups is 1. The molecule has 2 atom stereocenters. The molecule has 35 heavy (non-hydrogen) atoms. The average Bonchev–Trinajstić information content (AvgIpc) is 3.42. The summed E-state index contributed by atoms with van der Waals surface area (Å²) in [6, 6.07) is 13.8. The number of aryl methyl sites for hydroxylation is 1. The zero-order valence-electron chi connectivity index (χ0n) is 18.9. The summed E-state index contributed by atoms with van der Waals surface area (Å²) in [5, 5.41) is 21.4. The van der Waals surface area contributed by atoms with Gasteiger partial charge >= 0.3 is 0 Å². The molecule has 180 valence electrons. The zero-order chi connectivity index (χ0) is 24.4. The lowest BCUT2D eigenvalue weighted by Crippen LogP contribution is -2.51. The monoisotopic (exact) mass is 492 g/mol. The lowest BCUT2D eigenvalue weighted by atomic mass is 10.0. The van der Waals surface area contributed by atoms with Gasteiger partial charge in [-0.15, -0.1) is 10.2 Å². The van der Waals surface area contributed by atoms with Crippen LogP contribution in [0.2, 0.25) is 0 Å². The minimum absolute atomic E-state index is 0.00547. The number of anilines is 1. The third kappa shape index (κ3) is 4.92. The van der Waals surface area contributed by atoms with Crippen molar-refractivity contribution in [1.29, 1.82) is 0 Å². The summed E-state index contributed by atoms with van der Waals surface area (Å²) in [4.78, 5) is 8.72. The summed E-state index contributed by atoms with van der Waals surface area (Å²) < 4.78 is 33.0. The minimum Gasteiger partial charge on any atom is -0.422 e. The molecule has 4 aromatic rings. The highest BCUT2D eigenvalue weighted by Gasteiger charge is 2.34. The molecule has 3 aromatic heterocycles. The molecule has 0 spiro atoms. The number of aromatic nitrogens is 4. The molecule has 1 aliphatic heterocycles. The van der Waals surface area contributed by atoms with Crippen LogP contribution in [0.3, 0.4) is 0 Å². The topological polar surface area (TPSA) is 134 Å². The Bertz CT molecular complexity index is 1390. The molecule has 0 unspecified atom stereocenters. The highest BCUT2D eigenvalue weighted by Crippen LogP contribution is 2.27. The zero-order valence-corrected chi connectivity index (χ0v) is 19.8. The quantitative estimate of drug-likeness (QED) is 0.416.